The Morgan fingerprint density at radius 3 is 2.55 bits per heavy atom. The molecule has 5 rings (SSSR count). The Bertz CT molecular complexity index is 1630. The van der Waals surface area contributed by atoms with Crippen LogP contribution < -0.4 is 26.0 Å². The van der Waals surface area contributed by atoms with E-state index in [1.807, 2.05) is 36.0 Å². The molecule has 0 atom stereocenters. The molecule has 12 heteroatoms. The first kappa shape index (κ1) is 25.3. The number of aryl methyl sites for hydroxylation is 2. The van der Waals surface area contributed by atoms with E-state index in [9.17, 15) is 18.8 Å². The molecule has 1 aliphatic rings. The molecule has 1 saturated heterocycles. The van der Waals surface area contributed by atoms with E-state index in [2.05, 4.69) is 20.1 Å². The van der Waals surface area contributed by atoms with Crippen molar-refractivity contribution in [1.29, 1.82) is 0 Å². The highest BCUT2D eigenvalue weighted by atomic mass is 19.1. The summed E-state index contributed by atoms with van der Waals surface area (Å²) in [5.74, 6) is 0.0677. The number of aromatic nitrogens is 5. The third kappa shape index (κ3) is 4.94. The van der Waals surface area contributed by atoms with Gasteiger partial charge in [-0.2, -0.15) is 0 Å². The lowest BCUT2D eigenvalue weighted by molar-refractivity contribution is -0.656. The summed E-state index contributed by atoms with van der Waals surface area (Å²) in [6.45, 7) is 4.00. The maximum atomic E-state index is 13.5. The standard InChI is InChI=1S/C26H29FN8O3/c1-30-15-20(34-11-9-33(10-12-34)14-18-5-4-6-19(27)13-18)7-8-21(30)29-22(36)16-35-17-28-24-23(35)25(37)32(3)26(38)31(24)2/h4-8,13,15,17H,9-12,14,16H2,1-3H3/p+1. The van der Waals surface area contributed by atoms with Crippen LogP contribution in [-0.2, 0) is 39.0 Å². The number of carbonyl (C=O) groups is 1. The van der Waals surface area contributed by atoms with Crippen molar-refractivity contribution in [3.05, 3.63) is 81.1 Å². The molecule has 0 bridgehead atoms. The number of piperazine rings is 1. The predicted molar refractivity (Wildman–Crippen MR) is 140 cm³/mol. The molecule has 11 nitrogen and oxygen atoms in total. The first-order chi connectivity index (χ1) is 18.2. The average Bonchev–Trinajstić information content (AvgIpc) is 3.31. The quantitative estimate of drug-likeness (QED) is 0.368. The van der Waals surface area contributed by atoms with Crippen molar-refractivity contribution in [2.75, 3.05) is 36.4 Å². The number of nitrogens with zero attached hydrogens (tertiary/aromatic N) is 7. The Hall–Kier alpha value is -4.32. The minimum Gasteiger partial charge on any atom is -0.366 e. The van der Waals surface area contributed by atoms with Crippen molar-refractivity contribution in [1.82, 2.24) is 23.6 Å². The van der Waals surface area contributed by atoms with Gasteiger partial charge in [-0.15, -0.1) is 0 Å². The highest BCUT2D eigenvalue weighted by Crippen LogP contribution is 2.18. The molecule has 0 saturated carbocycles. The van der Waals surface area contributed by atoms with Crippen LogP contribution in [0.2, 0.25) is 0 Å². The van der Waals surface area contributed by atoms with Crippen LogP contribution in [0, 0.1) is 5.82 Å². The Kier molecular flexibility index (Phi) is 6.81. The second kappa shape index (κ2) is 10.2. The zero-order valence-corrected chi connectivity index (χ0v) is 21.6. The van der Waals surface area contributed by atoms with Gasteiger partial charge in [0.25, 0.3) is 11.4 Å². The maximum Gasteiger partial charge on any atom is 0.332 e. The van der Waals surface area contributed by atoms with Crippen LogP contribution in [0.5, 0.6) is 0 Å². The van der Waals surface area contributed by atoms with Gasteiger partial charge in [0.1, 0.15) is 18.6 Å². The number of halogens is 1. The van der Waals surface area contributed by atoms with E-state index in [-0.39, 0.29) is 29.4 Å². The first-order valence-electron chi connectivity index (χ1n) is 12.3. The number of amides is 1. The van der Waals surface area contributed by atoms with Gasteiger partial charge in [0.15, 0.2) is 11.2 Å². The fraction of sp³-hybridized carbons (Fsp3) is 0.346. The molecule has 38 heavy (non-hydrogen) atoms. The summed E-state index contributed by atoms with van der Waals surface area (Å²) in [6.07, 6.45) is 3.36. The molecule has 0 aliphatic carbocycles. The van der Waals surface area contributed by atoms with E-state index < -0.39 is 11.2 Å². The van der Waals surface area contributed by atoms with Gasteiger partial charge in [0.05, 0.1) is 19.1 Å². The third-order valence-electron chi connectivity index (χ3n) is 6.95. The molecule has 0 spiro atoms. The average molecular weight is 522 g/mol. The van der Waals surface area contributed by atoms with Gasteiger partial charge in [-0.25, -0.2) is 28.8 Å². The fourth-order valence-electron chi connectivity index (χ4n) is 4.82. The number of imidazole rings is 1. The van der Waals surface area contributed by atoms with Crippen LogP contribution in [0.4, 0.5) is 15.9 Å². The van der Waals surface area contributed by atoms with Crippen LogP contribution >= 0.6 is 0 Å². The minimum atomic E-state index is -0.501. The van der Waals surface area contributed by atoms with Crippen LogP contribution in [0.25, 0.3) is 11.2 Å². The van der Waals surface area contributed by atoms with E-state index in [4.69, 9.17) is 0 Å². The topological polar surface area (TPSA) is 101 Å². The maximum absolute atomic E-state index is 13.5. The largest absolute Gasteiger partial charge is 0.366 e. The second-order valence-electron chi connectivity index (χ2n) is 9.58. The van der Waals surface area contributed by atoms with Crippen molar-refractivity contribution in [2.45, 2.75) is 13.1 Å². The summed E-state index contributed by atoms with van der Waals surface area (Å²) in [6, 6.07) is 10.5. The highest BCUT2D eigenvalue weighted by molar-refractivity contribution is 5.90. The zero-order valence-electron chi connectivity index (χ0n) is 21.6. The molecule has 3 aromatic heterocycles. The minimum absolute atomic E-state index is 0.126. The van der Waals surface area contributed by atoms with E-state index >= 15 is 0 Å². The van der Waals surface area contributed by atoms with E-state index in [1.54, 1.807) is 12.1 Å². The second-order valence-corrected chi connectivity index (χ2v) is 9.58. The molecular weight excluding hydrogens is 491 g/mol. The van der Waals surface area contributed by atoms with Crippen LogP contribution in [0.3, 0.4) is 0 Å². The van der Waals surface area contributed by atoms with Crippen molar-refractivity contribution in [2.24, 2.45) is 21.1 Å². The SMILES string of the molecule is Cn1c(=O)c2c(ncn2CC(=O)Nc2ccc(N3CCN(Cc4cccc(F)c4)CC3)c[n+]2C)n(C)c1=O. The molecule has 1 aromatic carbocycles. The molecular formula is C26H30FN8O3+. The Morgan fingerprint density at radius 2 is 1.84 bits per heavy atom. The van der Waals surface area contributed by atoms with Crippen molar-refractivity contribution in [3.63, 3.8) is 0 Å². The molecule has 1 fully saturated rings. The highest BCUT2D eigenvalue weighted by Gasteiger charge is 2.21. The van der Waals surface area contributed by atoms with Crippen LogP contribution in [0.15, 0.2) is 58.5 Å². The lowest BCUT2D eigenvalue weighted by atomic mass is 10.2. The Balaban J connectivity index is 1.22. The monoisotopic (exact) mass is 521 g/mol. The fourth-order valence-corrected chi connectivity index (χ4v) is 4.82. The molecule has 0 radical (unpaired) electrons. The van der Waals surface area contributed by atoms with E-state index in [1.165, 1.54) is 35.6 Å². The Labute approximate surface area is 218 Å². The summed E-state index contributed by atoms with van der Waals surface area (Å²) in [4.78, 5) is 46.3. The van der Waals surface area contributed by atoms with Crippen molar-refractivity contribution < 1.29 is 13.8 Å². The number of fused-ring (bicyclic) bond motifs is 1. The molecule has 1 N–H and O–H groups in total. The summed E-state index contributed by atoms with van der Waals surface area (Å²) in [5, 5.41) is 2.88. The number of hydrogen-bond donors (Lipinski definition) is 1. The van der Waals surface area contributed by atoms with Gasteiger partial charge in [-0.1, -0.05) is 12.1 Å². The van der Waals surface area contributed by atoms with Gasteiger partial charge < -0.3 is 9.47 Å². The zero-order chi connectivity index (χ0) is 27.0. The molecule has 0 unspecified atom stereocenters. The first-order valence-corrected chi connectivity index (χ1v) is 12.3. The van der Waals surface area contributed by atoms with Gasteiger partial charge in [-0.3, -0.25) is 18.8 Å². The number of benzene rings is 1. The number of anilines is 2. The summed E-state index contributed by atoms with van der Waals surface area (Å²) in [7, 11) is 4.79. The summed E-state index contributed by atoms with van der Waals surface area (Å²) >= 11 is 0. The van der Waals surface area contributed by atoms with Gasteiger partial charge in [0, 0.05) is 52.9 Å². The van der Waals surface area contributed by atoms with E-state index in [0.717, 1.165) is 48.5 Å². The van der Waals surface area contributed by atoms with Gasteiger partial charge in [0.2, 0.25) is 0 Å². The summed E-state index contributed by atoms with van der Waals surface area (Å²) in [5.41, 5.74) is 1.47. The van der Waals surface area contributed by atoms with E-state index in [0.29, 0.717) is 5.82 Å². The lowest BCUT2D eigenvalue weighted by Crippen LogP contribution is -2.47. The number of rotatable bonds is 6. The number of hydrogen-bond acceptors (Lipinski definition) is 6. The normalized spacial score (nSPS) is 14.3. The molecule has 4 heterocycles. The molecule has 198 valence electrons. The molecule has 4 aromatic rings. The number of pyridine rings is 1. The van der Waals surface area contributed by atoms with Crippen LogP contribution in [-0.4, -0.2) is 55.7 Å². The van der Waals surface area contributed by atoms with Crippen molar-refractivity contribution in [3.8, 4) is 0 Å². The molecule has 1 aliphatic heterocycles. The summed E-state index contributed by atoms with van der Waals surface area (Å²) < 4.78 is 19.1. The van der Waals surface area contributed by atoms with Crippen LogP contribution in [0.1, 0.15) is 5.56 Å². The number of nitrogens with one attached hydrogen (secondary N) is 1. The predicted octanol–water partition coefficient (Wildman–Crippen LogP) is 0.358. The van der Waals surface area contributed by atoms with Crippen molar-refractivity contribution >= 4 is 28.6 Å². The number of carbonyl (C=O) groups excluding carboxylic acids is 1. The molecule has 1 amide bonds. The Morgan fingerprint density at radius 1 is 1.08 bits per heavy atom. The third-order valence-corrected chi connectivity index (χ3v) is 6.95. The van der Waals surface area contributed by atoms with Gasteiger partial charge >= 0.3 is 11.6 Å². The smallest absolute Gasteiger partial charge is 0.332 e. The van der Waals surface area contributed by atoms with Gasteiger partial charge in [-0.05, 0) is 23.8 Å². The lowest BCUT2D eigenvalue weighted by Gasteiger charge is -2.35.